The minimum atomic E-state index is -0.968. The Bertz CT molecular complexity index is 417. The number of esters is 1. The minimum absolute atomic E-state index is 0.0335. The van der Waals surface area contributed by atoms with Crippen LogP contribution in [0.1, 0.15) is 27.2 Å². The Hall–Kier alpha value is -1.65. The van der Waals surface area contributed by atoms with Gasteiger partial charge in [-0.15, -0.1) is 0 Å². The van der Waals surface area contributed by atoms with E-state index in [2.05, 4.69) is 4.74 Å². The number of rotatable bonds is 2. The molecule has 1 aliphatic rings. The van der Waals surface area contributed by atoms with Crippen LogP contribution in [0.2, 0.25) is 0 Å². The molecule has 0 fully saturated rings. The first kappa shape index (κ1) is 13.4. The average Bonchev–Trinajstić information content (AvgIpc) is 2.13. The third-order valence-electron chi connectivity index (χ3n) is 3.00. The van der Waals surface area contributed by atoms with Crippen molar-refractivity contribution in [2.24, 2.45) is 11.3 Å². The van der Waals surface area contributed by atoms with Crippen LogP contribution in [0, 0.1) is 11.3 Å². The molecule has 17 heavy (non-hydrogen) atoms. The summed E-state index contributed by atoms with van der Waals surface area (Å²) < 4.78 is 4.60. The fourth-order valence-corrected chi connectivity index (χ4v) is 2.19. The maximum atomic E-state index is 11.7. The van der Waals surface area contributed by atoms with Crippen molar-refractivity contribution in [1.82, 2.24) is 0 Å². The maximum absolute atomic E-state index is 11.7. The summed E-state index contributed by atoms with van der Waals surface area (Å²) in [5.74, 6) is -3.04. The van der Waals surface area contributed by atoms with E-state index < -0.39 is 34.6 Å². The van der Waals surface area contributed by atoms with Gasteiger partial charge in [-0.1, -0.05) is 13.8 Å². The van der Waals surface area contributed by atoms with Gasteiger partial charge in [-0.25, -0.2) is 0 Å². The summed E-state index contributed by atoms with van der Waals surface area (Å²) in [5.41, 5.74) is -1.03. The van der Waals surface area contributed by atoms with Crippen LogP contribution < -0.4 is 0 Å². The summed E-state index contributed by atoms with van der Waals surface area (Å²) in [6, 6.07) is 0. The lowest BCUT2D eigenvalue weighted by Gasteiger charge is -2.35. The molecule has 1 atom stereocenters. The summed E-state index contributed by atoms with van der Waals surface area (Å²) in [4.78, 5) is 34.7. The number of ketones is 2. The summed E-state index contributed by atoms with van der Waals surface area (Å²) in [7, 11) is 1.20. The molecule has 0 unspecified atom stereocenters. The molecule has 1 rings (SSSR count). The standard InChI is InChI=1S/C12H16O5/c1-6(13)8-7(14)5-12(2,3)9(10(8)15)11(16)17-4/h9,15H,5H2,1-4H3/t9-/m0/s1. The van der Waals surface area contributed by atoms with Crippen molar-refractivity contribution in [3.8, 4) is 0 Å². The van der Waals surface area contributed by atoms with Crippen LogP contribution in [0.4, 0.5) is 0 Å². The van der Waals surface area contributed by atoms with E-state index in [1.807, 2.05) is 0 Å². The highest BCUT2D eigenvalue weighted by Crippen LogP contribution is 2.42. The van der Waals surface area contributed by atoms with E-state index >= 15 is 0 Å². The second-order valence-electron chi connectivity index (χ2n) is 4.86. The van der Waals surface area contributed by atoms with Gasteiger partial charge in [0.05, 0.1) is 12.7 Å². The lowest BCUT2D eigenvalue weighted by Crippen LogP contribution is -2.41. The molecule has 5 heteroatoms. The van der Waals surface area contributed by atoms with E-state index in [9.17, 15) is 19.5 Å². The topological polar surface area (TPSA) is 80.7 Å². The number of hydrogen-bond acceptors (Lipinski definition) is 5. The smallest absolute Gasteiger partial charge is 0.316 e. The molecule has 94 valence electrons. The number of aliphatic hydroxyl groups excluding tert-OH is 1. The van der Waals surface area contributed by atoms with Crippen LogP contribution in [0.5, 0.6) is 0 Å². The van der Waals surface area contributed by atoms with Gasteiger partial charge in [0.1, 0.15) is 11.7 Å². The Kier molecular flexibility index (Phi) is 3.40. The van der Waals surface area contributed by atoms with E-state index in [-0.39, 0.29) is 12.0 Å². The normalized spacial score (nSPS) is 23.5. The Labute approximate surface area is 99.5 Å². The Balaban J connectivity index is 3.37. The highest BCUT2D eigenvalue weighted by molar-refractivity contribution is 6.21. The predicted molar refractivity (Wildman–Crippen MR) is 59.2 cm³/mol. The van der Waals surface area contributed by atoms with Crippen molar-refractivity contribution in [3.05, 3.63) is 11.3 Å². The third kappa shape index (κ3) is 2.23. The summed E-state index contributed by atoms with van der Waals surface area (Å²) >= 11 is 0. The van der Waals surface area contributed by atoms with Crippen LogP contribution in [0.15, 0.2) is 11.3 Å². The molecule has 0 radical (unpaired) electrons. The van der Waals surface area contributed by atoms with Crippen molar-refractivity contribution < 1.29 is 24.2 Å². The van der Waals surface area contributed by atoms with Crippen LogP contribution in [0.25, 0.3) is 0 Å². The van der Waals surface area contributed by atoms with Gasteiger partial charge < -0.3 is 9.84 Å². The van der Waals surface area contributed by atoms with Crippen LogP contribution in [0.3, 0.4) is 0 Å². The predicted octanol–water partition coefficient (Wildman–Crippen LogP) is 1.18. The average molecular weight is 240 g/mol. The molecular formula is C12H16O5. The molecular weight excluding hydrogens is 224 g/mol. The number of carbonyl (C=O) groups is 3. The molecule has 0 saturated carbocycles. The number of methoxy groups -OCH3 is 1. The first-order chi connectivity index (χ1) is 7.72. The molecule has 0 aromatic heterocycles. The zero-order chi connectivity index (χ0) is 13.4. The van der Waals surface area contributed by atoms with E-state index in [4.69, 9.17) is 0 Å². The number of allylic oxidation sites excluding steroid dienone is 1. The fraction of sp³-hybridized carbons (Fsp3) is 0.583. The SMILES string of the molecule is COC(=O)[C@@H]1C(O)=C(C(C)=O)C(=O)CC1(C)C. The molecule has 0 heterocycles. The van der Waals surface area contributed by atoms with Gasteiger partial charge in [0.2, 0.25) is 0 Å². The number of Topliss-reactive ketones (excluding diaryl/α,β-unsaturated/α-hetero) is 2. The molecule has 0 aromatic rings. The zero-order valence-electron chi connectivity index (χ0n) is 10.4. The van der Waals surface area contributed by atoms with Crippen molar-refractivity contribution in [2.75, 3.05) is 7.11 Å². The minimum Gasteiger partial charge on any atom is -0.510 e. The number of hydrogen-bond donors (Lipinski definition) is 1. The van der Waals surface area contributed by atoms with Crippen LogP contribution >= 0.6 is 0 Å². The van der Waals surface area contributed by atoms with Gasteiger partial charge >= 0.3 is 5.97 Å². The van der Waals surface area contributed by atoms with Gasteiger partial charge in [0.15, 0.2) is 11.6 Å². The summed E-state index contributed by atoms with van der Waals surface area (Å²) in [6.07, 6.45) is 0.0335. The highest BCUT2D eigenvalue weighted by atomic mass is 16.5. The maximum Gasteiger partial charge on any atom is 0.316 e. The van der Waals surface area contributed by atoms with Crippen molar-refractivity contribution in [2.45, 2.75) is 27.2 Å². The first-order valence-corrected chi connectivity index (χ1v) is 5.27. The first-order valence-electron chi connectivity index (χ1n) is 5.27. The largest absolute Gasteiger partial charge is 0.510 e. The Morgan fingerprint density at radius 1 is 1.41 bits per heavy atom. The molecule has 0 amide bonds. The van der Waals surface area contributed by atoms with E-state index in [0.29, 0.717) is 0 Å². The van der Waals surface area contributed by atoms with Crippen molar-refractivity contribution >= 4 is 17.5 Å². The van der Waals surface area contributed by atoms with Crippen molar-refractivity contribution in [3.63, 3.8) is 0 Å². The highest BCUT2D eigenvalue weighted by Gasteiger charge is 2.47. The summed E-state index contributed by atoms with van der Waals surface area (Å²) in [5, 5.41) is 9.94. The quantitative estimate of drug-likeness (QED) is 0.579. The van der Waals surface area contributed by atoms with Gasteiger partial charge in [-0.05, 0) is 12.3 Å². The number of ether oxygens (including phenoxy) is 1. The van der Waals surface area contributed by atoms with E-state index in [1.165, 1.54) is 14.0 Å². The second-order valence-corrected chi connectivity index (χ2v) is 4.86. The number of aliphatic hydroxyl groups is 1. The fourth-order valence-electron chi connectivity index (χ4n) is 2.19. The van der Waals surface area contributed by atoms with Crippen molar-refractivity contribution in [1.29, 1.82) is 0 Å². The molecule has 1 aliphatic carbocycles. The molecule has 5 nitrogen and oxygen atoms in total. The summed E-state index contributed by atoms with van der Waals surface area (Å²) in [6.45, 7) is 4.55. The van der Waals surface area contributed by atoms with Gasteiger partial charge in [0, 0.05) is 6.42 Å². The molecule has 1 N–H and O–H groups in total. The zero-order valence-corrected chi connectivity index (χ0v) is 10.4. The van der Waals surface area contributed by atoms with Gasteiger partial charge in [-0.2, -0.15) is 0 Å². The number of carbonyl (C=O) groups excluding carboxylic acids is 3. The molecule has 0 aliphatic heterocycles. The van der Waals surface area contributed by atoms with Gasteiger partial charge in [-0.3, -0.25) is 14.4 Å². The third-order valence-corrected chi connectivity index (χ3v) is 3.00. The van der Waals surface area contributed by atoms with E-state index in [1.54, 1.807) is 13.8 Å². The Morgan fingerprint density at radius 2 is 1.94 bits per heavy atom. The van der Waals surface area contributed by atoms with E-state index in [0.717, 1.165) is 0 Å². The van der Waals surface area contributed by atoms with Crippen LogP contribution in [-0.2, 0) is 19.1 Å². The molecule has 0 saturated heterocycles. The second kappa shape index (κ2) is 4.31. The monoisotopic (exact) mass is 240 g/mol. The molecule has 0 bridgehead atoms. The Morgan fingerprint density at radius 3 is 2.35 bits per heavy atom. The molecule has 0 spiro atoms. The van der Waals surface area contributed by atoms with Gasteiger partial charge in [0.25, 0.3) is 0 Å². The lowest BCUT2D eigenvalue weighted by atomic mass is 9.68. The van der Waals surface area contributed by atoms with Crippen LogP contribution in [-0.4, -0.2) is 29.8 Å². The molecule has 0 aromatic carbocycles. The lowest BCUT2D eigenvalue weighted by molar-refractivity contribution is -0.150.